The Morgan fingerprint density at radius 3 is 2.71 bits per heavy atom. The molecular weight excluding hydrogens is 369 g/mol. The molecule has 1 unspecified atom stereocenters. The van der Waals surface area contributed by atoms with Gasteiger partial charge in [-0.05, 0) is 42.2 Å². The van der Waals surface area contributed by atoms with Crippen LogP contribution in [0.15, 0.2) is 42.6 Å². The van der Waals surface area contributed by atoms with E-state index in [0.717, 1.165) is 12.1 Å². The Morgan fingerprint density at radius 2 is 2.04 bits per heavy atom. The molecule has 28 heavy (non-hydrogen) atoms. The highest BCUT2D eigenvalue weighted by molar-refractivity contribution is 5.99. The van der Waals surface area contributed by atoms with Crippen LogP contribution < -0.4 is 11.1 Å². The number of benzene rings is 1. The van der Waals surface area contributed by atoms with E-state index in [1.807, 2.05) is 13.8 Å². The lowest BCUT2D eigenvalue weighted by Crippen LogP contribution is -2.54. The average Bonchev–Trinajstić information content (AvgIpc) is 2.63. The lowest BCUT2D eigenvalue weighted by molar-refractivity contribution is -0.137. The first-order valence-electron chi connectivity index (χ1n) is 9.02. The largest absolute Gasteiger partial charge is 0.416 e. The van der Waals surface area contributed by atoms with Gasteiger partial charge in [0.15, 0.2) is 0 Å². The van der Waals surface area contributed by atoms with Crippen LogP contribution >= 0.6 is 0 Å². The van der Waals surface area contributed by atoms with E-state index in [4.69, 9.17) is 5.73 Å². The third-order valence-corrected chi connectivity index (χ3v) is 5.09. The topological polar surface area (TPSA) is 71.2 Å². The summed E-state index contributed by atoms with van der Waals surface area (Å²) in [7, 11) is 0. The molecule has 2 aromatic rings. The predicted octanol–water partition coefficient (Wildman–Crippen LogP) is 4.04. The molecule has 5 nitrogen and oxygen atoms in total. The minimum atomic E-state index is -4.45. The molecule has 1 aliphatic rings. The van der Waals surface area contributed by atoms with Crippen LogP contribution in [0.4, 0.5) is 24.7 Å². The summed E-state index contributed by atoms with van der Waals surface area (Å²) >= 11 is 0. The number of alkyl halides is 3. The molecule has 1 atom stereocenters. The normalized spacial score (nSPS) is 19.4. The van der Waals surface area contributed by atoms with Crippen molar-refractivity contribution < 1.29 is 18.0 Å². The van der Waals surface area contributed by atoms with Gasteiger partial charge < -0.3 is 16.0 Å². The third kappa shape index (κ3) is 4.27. The maximum atomic E-state index is 13.1. The molecule has 1 aromatic heterocycles. The second-order valence-electron chi connectivity index (χ2n) is 7.71. The van der Waals surface area contributed by atoms with Gasteiger partial charge in [0.2, 0.25) is 0 Å². The first-order chi connectivity index (χ1) is 13.1. The average molecular weight is 392 g/mol. The number of hydrogen-bond acceptors (Lipinski definition) is 4. The van der Waals surface area contributed by atoms with Gasteiger partial charge in [-0.15, -0.1) is 0 Å². The van der Waals surface area contributed by atoms with Crippen LogP contribution in [0.5, 0.6) is 0 Å². The Kier molecular flexibility index (Phi) is 5.34. The Hall–Kier alpha value is -2.61. The molecule has 8 heteroatoms. The summed E-state index contributed by atoms with van der Waals surface area (Å²) in [5.74, 6) is 0.00190. The van der Waals surface area contributed by atoms with E-state index in [1.54, 1.807) is 17.0 Å². The minimum Gasteiger partial charge on any atom is -0.340 e. The number of likely N-dealkylation sites (tertiary alicyclic amines) is 1. The van der Waals surface area contributed by atoms with Gasteiger partial charge in [0, 0.05) is 31.0 Å². The molecule has 0 saturated carbocycles. The van der Waals surface area contributed by atoms with Gasteiger partial charge in [-0.1, -0.05) is 19.9 Å². The van der Waals surface area contributed by atoms with Crippen molar-refractivity contribution in [2.75, 3.05) is 18.4 Å². The molecule has 0 spiro atoms. The van der Waals surface area contributed by atoms with E-state index in [9.17, 15) is 18.0 Å². The molecule has 1 fully saturated rings. The number of nitrogens with two attached hydrogens (primary N) is 1. The van der Waals surface area contributed by atoms with E-state index < -0.39 is 11.7 Å². The molecule has 3 rings (SSSR count). The molecule has 1 aliphatic heterocycles. The second-order valence-corrected chi connectivity index (χ2v) is 7.71. The maximum Gasteiger partial charge on any atom is 0.416 e. The molecule has 1 saturated heterocycles. The number of nitrogens with zero attached hydrogens (tertiary/aromatic N) is 2. The Labute approximate surface area is 161 Å². The third-order valence-electron chi connectivity index (χ3n) is 5.09. The number of anilines is 2. The van der Waals surface area contributed by atoms with E-state index in [-0.39, 0.29) is 28.9 Å². The van der Waals surface area contributed by atoms with Gasteiger partial charge in [-0.2, -0.15) is 13.2 Å². The first-order valence-corrected chi connectivity index (χ1v) is 9.02. The zero-order valence-electron chi connectivity index (χ0n) is 15.8. The van der Waals surface area contributed by atoms with Crippen molar-refractivity contribution in [3.63, 3.8) is 0 Å². The number of aromatic nitrogens is 1. The van der Waals surface area contributed by atoms with Crippen molar-refractivity contribution in [2.45, 2.75) is 32.5 Å². The SMILES string of the molecule is CC1(C)CN(C(=O)c2cccnc2Nc2cccc(C(F)(F)F)c2)CCC1N. The molecule has 0 aliphatic carbocycles. The summed E-state index contributed by atoms with van der Waals surface area (Å²) < 4.78 is 38.8. The lowest BCUT2D eigenvalue weighted by atomic mass is 9.79. The number of carbonyl (C=O) groups is 1. The summed E-state index contributed by atoms with van der Waals surface area (Å²) in [5, 5.41) is 2.85. The fraction of sp³-hybridized carbons (Fsp3) is 0.400. The van der Waals surface area contributed by atoms with Gasteiger partial charge in [-0.3, -0.25) is 4.79 Å². The monoisotopic (exact) mass is 392 g/mol. The van der Waals surface area contributed by atoms with Crippen molar-refractivity contribution in [1.82, 2.24) is 9.88 Å². The summed E-state index contributed by atoms with van der Waals surface area (Å²) in [5.41, 5.74) is 5.68. The lowest BCUT2D eigenvalue weighted by Gasteiger charge is -2.42. The quantitative estimate of drug-likeness (QED) is 0.827. The van der Waals surface area contributed by atoms with E-state index in [2.05, 4.69) is 10.3 Å². The fourth-order valence-corrected chi connectivity index (χ4v) is 3.31. The van der Waals surface area contributed by atoms with Gasteiger partial charge in [0.05, 0.1) is 11.1 Å². The highest BCUT2D eigenvalue weighted by atomic mass is 19.4. The van der Waals surface area contributed by atoms with Gasteiger partial charge in [-0.25, -0.2) is 4.98 Å². The van der Waals surface area contributed by atoms with E-state index in [1.165, 1.54) is 18.3 Å². The second kappa shape index (κ2) is 7.43. The highest BCUT2D eigenvalue weighted by Crippen LogP contribution is 2.32. The summed E-state index contributed by atoms with van der Waals surface area (Å²) in [6, 6.07) is 8.05. The molecule has 150 valence electrons. The summed E-state index contributed by atoms with van der Waals surface area (Å²) in [6.07, 6.45) is -2.27. The Bertz CT molecular complexity index is 867. The number of rotatable bonds is 3. The number of pyridine rings is 1. The zero-order chi connectivity index (χ0) is 20.5. The zero-order valence-corrected chi connectivity index (χ0v) is 15.8. The van der Waals surface area contributed by atoms with Gasteiger partial charge >= 0.3 is 6.18 Å². The van der Waals surface area contributed by atoms with E-state index in [0.29, 0.717) is 25.1 Å². The van der Waals surface area contributed by atoms with Crippen molar-refractivity contribution >= 4 is 17.4 Å². The van der Waals surface area contributed by atoms with Crippen LogP contribution in [0.2, 0.25) is 0 Å². The number of halogens is 3. The Morgan fingerprint density at radius 1 is 1.29 bits per heavy atom. The summed E-state index contributed by atoms with van der Waals surface area (Å²) in [4.78, 5) is 18.9. The van der Waals surface area contributed by atoms with Crippen molar-refractivity contribution in [3.8, 4) is 0 Å². The van der Waals surface area contributed by atoms with Crippen LogP contribution in [0, 0.1) is 5.41 Å². The molecule has 2 heterocycles. The smallest absolute Gasteiger partial charge is 0.340 e. The molecule has 0 bridgehead atoms. The van der Waals surface area contributed by atoms with Crippen LogP contribution in [0.3, 0.4) is 0 Å². The van der Waals surface area contributed by atoms with Crippen molar-refractivity contribution in [1.29, 1.82) is 0 Å². The van der Waals surface area contributed by atoms with Crippen LogP contribution in [-0.4, -0.2) is 34.9 Å². The van der Waals surface area contributed by atoms with Crippen molar-refractivity contribution in [3.05, 3.63) is 53.7 Å². The first kappa shape index (κ1) is 20.1. The molecule has 1 aromatic carbocycles. The van der Waals surface area contributed by atoms with E-state index >= 15 is 0 Å². The Balaban J connectivity index is 1.85. The standard InChI is InChI=1S/C20H23F3N4O/c1-19(2)12-27(10-8-16(19)24)18(28)15-7-4-9-25-17(15)26-14-6-3-5-13(11-14)20(21,22)23/h3-7,9,11,16H,8,10,12,24H2,1-2H3,(H,25,26). The summed E-state index contributed by atoms with van der Waals surface area (Å²) in [6.45, 7) is 5.07. The van der Waals surface area contributed by atoms with Gasteiger partial charge in [0.1, 0.15) is 5.82 Å². The molecule has 1 amide bonds. The minimum absolute atomic E-state index is 0.00755. The van der Waals surface area contributed by atoms with Crippen LogP contribution in [0.25, 0.3) is 0 Å². The fourth-order valence-electron chi connectivity index (χ4n) is 3.31. The van der Waals surface area contributed by atoms with Gasteiger partial charge in [0.25, 0.3) is 5.91 Å². The van der Waals surface area contributed by atoms with Crippen LogP contribution in [0.1, 0.15) is 36.2 Å². The molecular formula is C20H23F3N4O. The number of piperidine rings is 1. The number of hydrogen-bond donors (Lipinski definition) is 2. The van der Waals surface area contributed by atoms with Crippen LogP contribution in [-0.2, 0) is 6.18 Å². The molecule has 0 radical (unpaired) electrons. The number of nitrogens with one attached hydrogen (secondary N) is 1. The highest BCUT2D eigenvalue weighted by Gasteiger charge is 2.36. The molecule has 3 N–H and O–H groups in total. The number of carbonyl (C=O) groups excluding carboxylic acids is 1. The number of amides is 1. The predicted molar refractivity (Wildman–Crippen MR) is 101 cm³/mol. The van der Waals surface area contributed by atoms with Crippen molar-refractivity contribution in [2.24, 2.45) is 11.1 Å². The maximum absolute atomic E-state index is 13.1.